The monoisotopic (exact) mass is 399 g/mol. The van der Waals surface area contributed by atoms with E-state index in [-0.39, 0.29) is 23.5 Å². The number of piperidine rings is 1. The Hall–Kier alpha value is -2.73. The van der Waals surface area contributed by atoms with Gasteiger partial charge >= 0.3 is 0 Å². The Balaban J connectivity index is 1.44. The fourth-order valence-corrected chi connectivity index (χ4v) is 3.77. The molecule has 1 unspecified atom stereocenters. The summed E-state index contributed by atoms with van der Waals surface area (Å²) >= 11 is 6.17. The van der Waals surface area contributed by atoms with Crippen molar-refractivity contribution < 1.29 is 13.7 Å². The first-order chi connectivity index (χ1) is 13.6. The molecule has 1 aliphatic heterocycles. The number of rotatable bonds is 4. The molecule has 144 valence electrons. The Kier molecular flexibility index (Phi) is 5.39. The highest BCUT2D eigenvalue weighted by Gasteiger charge is 2.27. The molecular weight excluding hydrogens is 381 g/mol. The molecule has 7 heteroatoms. The highest BCUT2D eigenvalue weighted by Crippen LogP contribution is 2.25. The van der Waals surface area contributed by atoms with Crippen LogP contribution < -0.4 is 0 Å². The molecule has 0 aliphatic carbocycles. The molecule has 2 aromatic carbocycles. The number of nitrogens with zero attached hydrogens (tertiary/aromatic N) is 3. The highest BCUT2D eigenvalue weighted by molar-refractivity contribution is 6.33. The van der Waals surface area contributed by atoms with E-state index >= 15 is 0 Å². The van der Waals surface area contributed by atoms with Crippen molar-refractivity contribution in [3.05, 3.63) is 70.8 Å². The SMILES string of the molecule is O=C(c1ccccc1Cl)N1CCCC(Cc2nc(-c3ccccc3F)no2)C1. The molecule has 0 bridgehead atoms. The third kappa shape index (κ3) is 3.92. The first-order valence-corrected chi connectivity index (χ1v) is 9.61. The van der Waals surface area contributed by atoms with Crippen LogP contribution in [0.5, 0.6) is 0 Å². The molecule has 5 nitrogen and oxygen atoms in total. The molecule has 1 aliphatic rings. The number of aromatic nitrogens is 2. The van der Waals surface area contributed by atoms with Gasteiger partial charge in [-0.05, 0) is 43.0 Å². The summed E-state index contributed by atoms with van der Waals surface area (Å²) in [5.41, 5.74) is 0.834. The first-order valence-electron chi connectivity index (χ1n) is 9.23. The predicted molar refractivity (Wildman–Crippen MR) is 103 cm³/mol. The number of benzene rings is 2. The van der Waals surface area contributed by atoms with Gasteiger partial charge in [0.15, 0.2) is 0 Å². The second-order valence-electron chi connectivity index (χ2n) is 6.93. The summed E-state index contributed by atoms with van der Waals surface area (Å²) in [5.74, 6) is 0.453. The molecule has 1 aromatic heterocycles. The number of halogens is 2. The van der Waals surface area contributed by atoms with Crippen molar-refractivity contribution in [1.82, 2.24) is 15.0 Å². The fraction of sp³-hybridized carbons (Fsp3) is 0.286. The van der Waals surface area contributed by atoms with E-state index < -0.39 is 0 Å². The summed E-state index contributed by atoms with van der Waals surface area (Å²) in [7, 11) is 0. The molecule has 1 saturated heterocycles. The summed E-state index contributed by atoms with van der Waals surface area (Å²) in [5, 5.41) is 4.36. The second-order valence-corrected chi connectivity index (χ2v) is 7.34. The van der Waals surface area contributed by atoms with Gasteiger partial charge in [-0.15, -0.1) is 0 Å². The third-order valence-electron chi connectivity index (χ3n) is 4.96. The van der Waals surface area contributed by atoms with Crippen LogP contribution in [0, 0.1) is 11.7 Å². The van der Waals surface area contributed by atoms with Gasteiger partial charge in [-0.25, -0.2) is 4.39 Å². The largest absolute Gasteiger partial charge is 0.339 e. The number of hydrogen-bond acceptors (Lipinski definition) is 4. The van der Waals surface area contributed by atoms with Crippen LogP contribution in [0.3, 0.4) is 0 Å². The minimum atomic E-state index is -0.385. The number of carbonyl (C=O) groups is 1. The zero-order valence-electron chi connectivity index (χ0n) is 15.1. The van der Waals surface area contributed by atoms with E-state index in [0.29, 0.717) is 41.6 Å². The van der Waals surface area contributed by atoms with E-state index in [0.717, 1.165) is 12.8 Å². The summed E-state index contributed by atoms with van der Waals surface area (Å²) in [6.07, 6.45) is 2.41. The molecule has 2 heterocycles. The van der Waals surface area contributed by atoms with Gasteiger partial charge in [0, 0.05) is 19.5 Å². The van der Waals surface area contributed by atoms with Crippen molar-refractivity contribution >= 4 is 17.5 Å². The zero-order valence-corrected chi connectivity index (χ0v) is 15.9. The zero-order chi connectivity index (χ0) is 19.5. The molecule has 0 saturated carbocycles. The second kappa shape index (κ2) is 8.10. The van der Waals surface area contributed by atoms with Gasteiger partial charge in [-0.1, -0.05) is 41.0 Å². The van der Waals surface area contributed by atoms with Crippen molar-refractivity contribution in [3.8, 4) is 11.4 Å². The molecule has 0 N–H and O–H groups in total. The standard InChI is InChI=1S/C21H19ClFN3O2/c22-17-9-3-1-7-15(17)21(27)26-11-5-6-14(13-26)12-19-24-20(25-28-19)16-8-2-4-10-18(16)23/h1-4,7-10,14H,5-6,11-13H2. The van der Waals surface area contributed by atoms with Gasteiger partial charge in [0.05, 0.1) is 16.1 Å². The van der Waals surface area contributed by atoms with Gasteiger partial charge in [0.25, 0.3) is 5.91 Å². The van der Waals surface area contributed by atoms with E-state index in [1.807, 2.05) is 11.0 Å². The maximum atomic E-state index is 13.9. The fourth-order valence-electron chi connectivity index (χ4n) is 3.56. The van der Waals surface area contributed by atoms with Crippen LogP contribution in [0.15, 0.2) is 53.1 Å². The van der Waals surface area contributed by atoms with E-state index in [1.165, 1.54) is 6.07 Å². The van der Waals surface area contributed by atoms with E-state index in [9.17, 15) is 9.18 Å². The topological polar surface area (TPSA) is 59.2 Å². The Morgan fingerprint density at radius 2 is 2.00 bits per heavy atom. The van der Waals surface area contributed by atoms with E-state index in [1.54, 1.807) is 36.4 Å². The highest BCUT2D eigenvalue weighted by atomic mass is 35.5. The quantitative estimate of drug-likeness (QED) is 0.642. The van der Waals surface area contributed by atoms with Crippen LogP contribution in [0.25, 0.3) is 11.4 Å². The van der Waals surface area contributed by atoms with Crippen LogP contribution in [0.4, 0.5) is 4.39 Å². The lowest BCUT2D eigenvalue weighted by molar-refractivity contribution is 0.0668. The van der Waals surface area contributed by atoms with Gasteiger partial charge in [0.1, 0.15) is 5.82 Å². The summed E-state index contributed by atoms with van der Waals surface area (Å²) in [6, 6.07) is 13.4. The van der Waals surface area contributed by atoms with Crippen LogP contribution >= 0.6 is 11.6 Å². The molecule has 1 fully saturated rings. The van der Waals surface area contributed by atoms with Gasteiger partial charge in [-0.3, -0.25) is 4.79 Å². The van der Waals surface area contributed by atoms with Crippen molar-refractivity contribution in [1.29, 1.82) is 0 Å². The van der Waals surface area contributed by atoms with Crippen LogP contribution in [0.2, 0.25) is 5.02 Å². The van der Waals surface area contributed by atoms with Crippen molar-refractivity contribution in [2.75, 3.05) is 13.1 Å². The molecule has 0 spiro atoms. The smallest absolute Gasteiger partial charge is 0.255 e. The Bertz CT molecular complexity index is 991. The molecular formula is C21H19ClFN3O2. The third-order valence-corrected chi connectivity index (χ3v) is 5.29. The van der Waals surface area contributed by atoms with E-state index in [4.69, 9.17) is 16.1 Å². The molecule has 1 amide bonds. The lowest BCUT2D eigenvalue weighted by Crippen LogP contribution is -2.40. The maximum absolute atomic E-state index is 13.9. The lowest BCUT2D eigenvalue weighted by Gasteiger charge is -2.32. The Morgan fingerprint density at radius 1 is 1.21 bits per heavy atom. The summed E-state index contributed by atoms with van der Waals surface area (Å²) in [4.78, 5) is 19.0. The lowest BCUT2D eigenvalue weighted by atomic mass is 9.94. The van der Waals surface area contributed by atoms with Gasteiger partial charge in [-0.2, -0.15) is 4.98 Å². The average molecular weight is 400 g/mol. The molecule has 28 heavy (non-hydrogen) atoms. The normalized spacial score (nSPS) is 16.9. The summed E-state index contributed by atoms with van der Waals surface area (Å²) < 4.78 is 19.2. The van der Waals surface area contributed by atoms with E-state index in [2.05, 4.69) is 10.1 Å². The Morgan fingerprint density at radius 3 is 2.82 bits per heavy atom. The predicted octanol–water partition coefficient (Wildman–Crippen LogP) is 4.62. The number of carbonyl (C=O) groups excluding carboxylic acids is 1. The van der Waals surface area contributed by atoms with Crippen molar-refractivity contribution in [3.63, 3.8) is 0 Å². The Labute approximate surface area is 167 Å². The van der Waals surface area contributed by atoms with Crippen LogP contribution in [-0.2, 0) is 6.42 Å². The van der Waals surface area contributed by atoms with Crippen LogP contribution in [0.1, 0.15) is 29.1 Å². The van der Waals surface area contributed by atoms with Gasteiger partial charge < -0.3 is 9.42 Å². The minimum absolute atomic E-state index is 0.0622. The molecule has 1 atom stereocenters. The molecule has 3 aromatic rings. The first kappa shape index (κ1) is 18.6. The number of amides is 1. The summed E-state index contributed by atoms with van der Waals surface area (Å²) in [6.45, 7) is 1.30. The van der Waals surface area contributed by atoms with Crippen molar-refractivity contribution in [2.45, 2.75) is 19.3 Å². The average Bonchev–Trinajstić information content (AvgIpc) is 3.16. The number of likely N-dealkylation sites (tertiary alicyclic amines) is 1. The van der Waals surface area contributed by atoms with Crippen molar-refractivity contribution in [2.24, 2.45) is 5.92 Å². The molecule has 4 rings (SSSR count). The van der Waals surface area contributed by atoms with Gasteiger partial charge in [0.2, 0.25) is 11.7 Å². The minimum Gasteiger partial charge on any atom is -0.339 e. The van der Waals surface area contributed by atoms with Crippen LogP contribution in [-0.4, -0.2) is 34.0 Å². The maximum Gasteiger partial charge on any atom is 0.255 e. The molecule has 0 radical (unpaired) electrons. The number of hydrogen-bond donors (Lipinski definition) is 0.